The van der Waals surface area contributed by atoms with Crippen molar-refractivity contribution in [2.45, 2.75) is 5.92 Å². The summed E-state index contributed by atoms with van der Waals surface area (Å²) in [7, 11) is 1.59. The molecule has 2 heterocycles. The zero-order chi connectivity index (χ0) is 19.0. The fraction of sp³-hybridized carbons (Fsp3) is 0.150. The highest BCUT2D eigenvalue weighted by Gasteiger charge is 2.41. The average molecular weight is 359 g/mol. The van der Waals surface area contributed by atoms with Crippen molar-refractivity contribution in [3.63, 3.8) is 0 Å². The molecule has 7 heteroatoms. The molecule has 0 saturated carbocycles. The van der Waals surface area contributed by atoms with Crippen molar-refractivity contribution in [3.05, 3.63) is 65.9 Å². The minimum absolute atomic E-state index is 0.173. The highest BCUT2D eigenvalue weighted by Crippen LogP contribution is 2.41. The number of carbonyl (C=O) groups excluding carboxylic acids is 1. The summed E-state index contributed by atoms with van der Waals surface area (Å²) in [6, 6.07) is 19.0. The molecule has 0 unspecified atom stereocenters. The van der Waals surface area contributed by atoms with Crippen LogP contribution in [0, 0.1) is 17.2 Å². The normalized spacial score (nSPS) is 18.3. The van der Waals surface area contributed by atoms with Crippen LogP contribution in [0.3, 0.4) is 0 Å². The molecule has 1 amide bonds. The number of hydrogen-bond donors (Lipinski definition) is 2. The van der Waals surface area contributed by atoms with Gasteiger partial charge in [-0.3, -0.25) is 10.2 Å². The van der Waals surface area contributed by atoms with Gasteiger partial charge in [0.25, 0.3) is 5.91 Å². The second-order valence-electron chi connectivity index (χ2n) is 6.24. The van der Waals surface area contributed by atoms with Crippen molar-refractivity contribution in [3.8, 4) is 23.1 Å². The van der Waals surface area contributed by atoms with Crippen LogP contribution < -0.4 is 15.9 Å². The second-order valence-corrected chi connectivity index (χ2v) is 6.24. The first-order valence-electron chi connectivity index (χ1n) is 8.42. The van der Waals surface area contributed by atoms with Crippen LogP contribution >= 0.6 is 0 Å². The number of ether oxygens (including phenoxy) is 1. The Bertz CT molecular complexity index is 1030. The van der Waals surface area contributed by atoms with Crippen molar-refractivity contribution in [2.75, 3.05) is 18.3 Å². The number of fused-ring (bicyclic) bond motifs is 1. The van der Waals surface area contributed by atoms with Gasteiger partial charge in [0.15, 0.2) is 0 Å². The maximum atomic E-state index is 12.5. The van der Waals surface area contributed by atoms with Gasteiger partial charge in [0.05, 0.1) is 30.5 Å². The summed E-state index contributed by atoms with van der Waals surface area (Å²) in [6.07, 6.45) is 0. The van der Waals surface area contributed by atoms with E-state index in [1.165, 1.54) is 4.68 Å². The van der Waals surface area contributed by atoms with Crippen LogP contribution in [0.15, 0.2) is 54.6 Å². The number of rotatable bonds is 3. The number of benzene rings is 2. The predicted molar refractivity (Wildman–Crippen MR) is 100 cm³/mol. The number of aromatic nitrogens is 2. The van der Waals surface area contributed by atoms with E-state index in [0.29, 0.717) is 17.1 Å². The molecule has 0 aliphatic carbocycles. The van der Waals surface area contributed by atoms with Crippen molar-refractivity contribution < 1.29 is 9.53 Å². The molecule has 2 aromatic carbocycles. The van der Waals surface area contributed by atoms with E-state index in [1.54, 1.807) is 7.11 Å². The summed E-state index contributed by atoms with van der Waals surface area (Å²) < 4.78 is 6.70. The van der Waals surface area contributed by atoms with E-state index >= 15 is 0 Å². The highest BCUT2D eigenvalue weighted by atomic mass is 16.5. The topological polar surface area (TPSA) is 106 Å². The fourth-order valence-corrected chi connectivity index (χ4v) is 3.45. The van der Waals surface area contributed by atoms with Crippen LogP contribution in [0.1, 0.15) is 17.2 Å². The SMILES string of the molecule is COc1ccc([C@H]2c3c(-c4ccccc4)nc(N)n3NC(=O)[C@@H]2C#N)cc1. The van der Waals surface area contributed by atoms with Gasteiger partial charge in [-0.1, -0.05) is 42.5 Å². The molecular formula is C20H17N5O2. The first-order chi connectivity index (χ1) is 13.1. The Balaban J connectivity index is 1.95. The number of hydrogen-bond acceptors (Lipinski definition) is 5. The quantitative estimate of drug-likeness (QED) is 0.747. The zero-order valence-electron chi connectivity index (χ0n) is 14.6. The van der Waals surface area contributed by atoms with E-state index in [2.05, 4.69) is 16.5 Å². The van der Waals surface area contributed by atoms with Crippen molar-refractivity contribution in [1.29, 1.82) is 5.26 Å². The number of carbonyl (C=O) groups is 1. The van der Waals surface area contributed by atoms with E-state index in [1.807, 2.05) is 54.6 Å². The van der Waals surface area contributed by atoms with E-state index in [4.69, 9.17) is 10.5 Å². The lowest BCUT2D eigenvalue weighted by Crippen LogP contribution is -2.40. The summed E-state index contributed by atoms with van der Waals surface area (Å²) >= 11 is 0. The first kappa shape index (κ1) is 16.7. The van der Waals surface area contributed by atoms with Gasteiger partial charge in [0, 0.05) is 5.56 Å². The molecule has 0 bridgehead atoms. The molecule has 1 aliphatic heterocycles. The molecule has 2 atom stereocenters. The third kappa shape index (κ3) is 2.68. The van der Waals surface area contributed by atoms with Crippen LogP contribution in [-0.4, -0.2) is 22.7 Å². The first-order valence-corrected chi connectivity index (χ1v) is 8.42. The Labute approximate surface area is 156 Å². The fourth-order valence-electron chi connectivity index (χ4n) is 3.45. The highest BCUT2D eigenvalue weighted by molar-refractivity contribution is 5.92. The molecule has 4 rings (SSSR count). The van der Waals surface area contributed by atoms with Crippen LogP contribution in [0.2, 0.25) is 0 Å². The molecule has 0 radical (unpaired) electrons. The number of amides is 1. The van der Waals surface area contributed by atoms with Gasteiger partial charge in [-0.2, -0.15) is 5.26 Å². The average Bonchev–Trinajstić information content (AvgIpc) is 3.04. The van der Waals surface area contributed by atoms with Crippen molar-refractivity contribution in [1.82, 2.24) is 9.66 Å². The number of nitriles is 1. The van der Waals surface area contributed by atoms with Gasteiger partial charge < -0.3 is 10.5 Å². The number of nitrogen functional groups attached to an aromatic ring is 1. The molecule has 3 aromatic rings. The van der Waals surface area contributed by atoms with Gasteiger partial charge in [0.1, 0.15) is 11.7 Å². The standard InChI is InChI=1S/C20H17N5O2/c1-27-14-9-7-12(8-10-14)16-15(11-21)19(26)24-25-18(16)17(23-20(25)22)13-5-3-2-4-6-13/h2-10,15-16H,1H3,(H2,22,23)(H,24,26)/t15-,16-/m1/s1. The summed E-state index contributed by atoms with van der Waals surface area (Å²) in [4.78, 5) is 17.0. The second kappa shape index (κ2) is 6.50. The zero-order valence-corrected chi connectivity index (χ0v) is 14.6. The van der Waals surface area contributed by atoms with Gasteiger partial charge in [-0.05, 0) is 17.7 Å². The van der Waals surface area contributed by atoms with Crippen LogP contribution in [0.5, 0.6) is 5.75 Å². The largest absolute Gasteiger partial charge is 0.497 e. The summed E-state index contributed by atoms with van der Waals surface area (Å²) in [5.74, 6) is -0.940. The summed E-state index contributed by atoms with van der Waals surface area (Å²) in [6.45, 7) is 0. The lowest BCUT2D eigenvalue weighted by Gasteiger charge is -2.29. The van der Waals surface area contributed by atoms with E-state index < -0.39 is 17.7 Å². The monoisotopic (exact) mass is 359 g/mol. The molecule has 0 saturated heterocycles. The number of nitrogens with zero attached hydrogens (tertiary/aromatic N) is 3. The van der Waals surface area contributed by atoms with E-state index in [-0.39, 0.29) is 5.95 Å². The van der Waals surface area contributed by atoms with Crippen LogP contribution in [0.4, 0.5) is 5.95 Å². The van der Waals surface area contributed by atoms with Gasteiger partial charge in [0.2, 0.25) is 5.95 Å². The molecule has 3 N–H and O–H groups in total. The van der Waals surface area contributed by atoms with Gasteiger partial charge in [-0.15, -0.1) is 0 Å². The van der Waals surface area contributed by atoms with E-state index in [9.17, 15) is 10.1 Å². The summed E-state index contributed by atoms with van der Waals surface area (Å²) in [5, 5.41) is 9.69. The van der Waals surface area contributed by atoms with Crippen molar-refractivity contribution >= 4 is 11.9 Å². The Morgan fingerprint density at radius 2 is 1.89 bits per heavy atom. The van der Waals surface area contributed by atoms with Gasteiger partial charge >= 0.3 is 0 Å². The number of anilines is 1. The van der Waals surface area contributed by atoms with Crippen LogP contribution in [-0.2, 0) is 4.79 Å². The molecule has 0 spiro atoms. The Morgan fingerprint density at radius 3 is 2.52 bits per heavy atom. The van der Waals surface area contributed by atoms with E-state index in [0.717, 1.165) is 11.1 Å². The summed E-state index contributed by atoms with van der Waals surface area (Å²) in [5.41, 5.74) is 11.8. The molecule has 27 heavy (non-hydrogen) atoms. The Kier molecular flexibility index (Phi) is 4.01. The smallest absolute Gasteiger partial charge is 0.257 e. The third-order valence-corrected chi connectivity index (χ3v) is 4.73. The number of nitrogens with one attached hydrogen (secondary N) is 1. The minimum atomic E-state index is -0.899. The maximum absolute atomic E-state index is 12.5. The molecular weight excluding hydrogens is 342 g/mol. The molecule has 1 aliphatic rings. The Hall–Kier alpha value is -3.79. The maximum Gasteiger partial charge on any atom is 0.257 e. The molecule has 134 valence electrons. The van der Waals surface area contributed by atoms with Gasteiger partial charge in [-0.25, -0.2) is 9.66 Å². The Morgan fingerprint density at radius 1 is 1.19 bits per heavy atom. The third-order valence-electron chi connectivity index (χ3n) is 4.73. The van der Waals surface area contributed by atoms with Crippen molar-refractivity contribution in [2.24, 2.45) is 5.92 Å². The molecule has 0 fully saturated rings. The van der Waals surface area contributed by atoms with Crippen LogP contribution in [0.25, 0.3) is 11.3 Å². The lowest BCUT2D eigenvalue weighted by atomic mass is 9.81. The number of imidazole rings is 1. The molecule has 7 nitrogen and oxygen atoms in total. The number of nitrogens with two attached hydrogens (primary N) is 1. The lowest BCUT2D eigenvalue weighted by molar-refractivity contribution is -0.120. The molecule has 1 aromatic heterocycles. The predicted octanol–water partition coefficient (Wildman–Crippen LogP) is 2.50. The minimum Gasteiger partial charge on any atom is -0.497 e. The number of methoxy groups -OCH3 is 1.